The van der Waals surface area contributed by atoms with Crippen molar-refractivity contribution in [2.75, 3.05) is 27.3 Å². The van der Waals surface area contributed by atoms with Gasteiger partial charge in [-0.05, 0) is 52.6 Å². The molecule has 3 fully saturated rings. The molecule has 5 aliphatic carbocycles. The predicted molar refractivity (Wildman–Crippen MR) is 117 cm³/mol. The zero-order valence-electron chi connectivity index (χ0n) is 19.3. The summed E-state index contributed by atoms with van der Waals surface area (Å²) < 4.78 is 19.6. The standard InChI is InChI=1S/C26H35NO4/c1-5-6-13-30-19-8-7-17-14-20-24-9-10-26(29-4,18(15-24)16(2)28)23-25(24,11-12-27(20)3)21(17)22(19)31-23/h9-10,18,20,23H,5-8,11-15H2,1-4H3/t18-,20-,23-,24-,25+,26-/m1/s1. The summed E-state index contributed by atoms with van der Waals surface area (Å²) in [5.41, 5.74) is 2.13. The Morgan fingerprint density at radius 2 is 2.16 bits per heavy atom. The highest BCUT2D eigenvalue weighted by Crippen LogP contribution is 2.77. The molecule has 0 aromatic rings. The van der Waals surface area contributed by atoms with E-state index in [0.29, 0.717) is 6.04 Å². The van der Waals surface area contributed by atoms with Gasteiger partial charge in [0.2, 0.25) is 0 Å². The molecule has 0 aromatic heterocycles. The lowest BCUT2D eigenvalue weighted by Crippen LogP contribution is -2.76. The second kappa shape index (κ2) is 6.48. The maximum absolute atomic E-state index is 12.9. The largest absolute Gasteiger partial charge is 0.494 e. The van der Waals surface area contributed by atoms with Crippen molar-refractivity contribution >= 4 is 5.78 Å². The number of allylic oxidation sites excluding steroid dienone is 2. The minimum Gasteiger partial charge on any atom is -0.494 e. The van der Waals surface area contributed by atoms with E-state index in [9.17, 15) is 4.79 Å². The Balaban J connectivity index is 1.59. The Labute approximate surface area is 185 Å². The Bertz CT molecular complexity index is 934. The highest BCUT2D eigenvalue weighted by Gasteiger charge is 2.80. The summed E-state index contributed by atoms with van der Waals surface area (Å²) in [4.78, 5) is 15.5. The third-order valence-corrected chi connectivity index (χ3v) is 9.63. The van der Waals surface area contributed by atoms with E-state index in [1.54, 1.807) is 19.6 Å². The van der Waals surface area contributed by atoms with E-state index in [2.05, 4.69) is 31.0 Å². The maximum atomic E-state index is 12.9. The number of piperidine rings is 1. The average molecular weight is 426 g/mol. The molecule has 31 heavy (non-hydrogen) atoms. The van der Waals surface area contributed by atoms with Crippen LogP contribution < -0.4 is 0 Å². The van der Waals surface area contributed by atoms with Crippen molar-refractivity contribution in [1.29, 1.82) is 0 Å². The van der Waals surface area contributed by atoms with Crippen LogP contribution in [0, 0.1) is 16.7 Å². The number of nitrogens with zero attached hydrogens (tertiary/aromatic N) is 1. The number of Topliss-reactive ketones (excluding diaryl/α,β-unsaturated/α-hetero) is 1. The van der Waals surface area contributed by atoms with E-state index in [1.165, 1.54) is 5.57 Å². The van der Waals surface area contributed by atoms with Crippen molar-refractivity contribution in [3.8, 4) is 0 Å². The van der Waals surface area contributed by atoms with E-state index in [0.717, 1.165) is 69.6 Å². The number of hydrogen-bond acceptors (Lipinski definition) is 5. The van der Waals surface area contributed by atoms with Crippen LogP contribution in [0.2, 0.25) is 0 Å². The maximum Gasteiger partial charge on any atom is 0.161 e. The number of carbonyl (C=O) groups is 1. The summed E-state index contributed by atoms with van der Waals surface area (Å²) >= 11 is 0. The van der Waals surface area contributed by atoms with Crippen molar-refractivity contribution in [2.24, 2.45) is 16.7 Å². The lowest BCUT2D eigenvalue weighted by atomic mass is 9.36. The fourth-order valence-corrected chi connectivity index (χ4v) is 8.28. The van der Waals surface area contributed by atoms with Gasteiger partial charge in [0.05, 0.1) is 17.9 Å². The number of likely N-dealkylation sites (tertiary alicyclic amines) is 1. The quantitative estimate of drug-likeness (QED) is 0.473. The number of ether oxygens (including phenoxy) is 3. The van der Waals surface area contributed by atoms with Crippen LogP contribution in [0.3, 0.4) is 0 Å². The number of rotatable bonds is 6. The van der Waals surface area contributed by atoms with Crippen molar-refractivity contribution in [1.82, 2.24) is 4.90 Å². The molecule has 2 saturated heterocycles. The molecule has 2 spiro atoms. The molecule has 0 N–H and O–H groups in total. The summed E-state index contributed by atoms with van der Waals surface area (Å²) in [6.07, 6.45) is 11.6. The molecule has 5 heteroatoms. The smallest absolute Gasteiger partial charge is 0.161 e. The monoisotopic (exact) mass is 425 g/mol. The van der Waals surface area contributed by atoms with Gasteiger partial charge in [-0.3, -0.25) is 4.79 Å². The topological polar surface area (TPSA) is 48.0 Å². The highest BCUT2D eigenvalue weighted by molar-refractivity contribution is 5.82. The molecule has 0 unspecified atom stereocenters. The lowest BCUT2D eigenvalue weighted by molar-refractivity contribution is -0.233. The number of fused-ring (bicyclic) bond motifs is 1. The van der Waals surface area contributed by atoms with Crippen molar-refractivity contribution < 1.29 is 19.0 Å². The van der Waals surface area contributed by atoms with Crippen molar-refractivity contribution in [2.45, 2.75) is 76.5 Å². The third-order valence-electron chi connectivity index (χ3n) is 9.63. The van der Waals surface area contributed by atoms with Crippen LogP contribution in [0.15, 0.2) is 34.8 Å². The summed E-state index contributed by atoms with van der Waals surface area (Å²) in [7, 11) is 4.03. The molecular formula is C26H35NO4. The molecular weight excluding hydrogens is 390 g/mol. The number of carbonyl (C=O) groups excluding carboxylic acids is 1. The Morgan fingerprint density at radius 3 is 2.90 bits per heavy atom. The van der Waals surface area contributed by atoms with Gasteiger partial charge in [0.15, 0.2) is 5.76 Å². The summed E-state index contributed by atoms with van der Waals surface area (Å²) in [6, 6.07) is 0.418. The first kappa shape index (κ1) is 20.0. The minimum atomic E-state index is -0.692. The van der Waals surface area contributed by atoms with Gasteiger partial charge >= 0.3 is 0 Å². The molecule has 1 saturated carbocycles. The molecule has 5 nitrogen and oxygen atoms in total. The van der Waals surface area contributed by atoms with Crippen LogP contribution in [0.25, 0.3) is 0 Å². The summed E-state index contributed by atoms with van der Waals surface area (Å²) in [5, 5.41) is 0. The van der Waals surface area contributed by atoms with E-state index in [1.807, 2.05) is 0 Å². The number of unbranched alkanes of at least 4 members (excludes halogenated alkanes) is 1. The van der Waals surface area contributed by atoms with Gasteiger partial charge in [-0.1, -0.05) is 31.1 Å². The van der Waals surface area contributed by atoms with Crippen LogP contribution in [0.5, 0.6) is 0 Å². The van der Waals surface area contributed by atoms with E-state index in [4.69, 9.17) is 14.2 Å². The molecule has 0 aromatic carbocycles. The number of hydrogen-bond donors (Lipinski definition) is 0. The molecule has 2 heterocycles. The molecule has 6 atom stereocenters. The predicted octanol–water partition coefficient (Wildman–Crippen LogP) is 4.15. The molecule has 4 bridgehead atoms. The van der Waals surface area contributed by atoms with Crippen LogP contribution >= 0.6 is 0 Å². The third kappa shape index (κ3) is 2.13. The van der Waals surface area contributed by atoms with Gasteiger partial charge in [-0.15, -0.1) is 0 Å². The average Bonchev–Trinajstić information content (AvgIpc) is 3.14. The number of methoxy groups -OCH3 is 1. The van der Waals surface area contributed by atoms with Crippen LogP contribution in [0.1, 0.15) is 58.8 Å². The minimum absolute atomic E-state index is 0.0757. The summed E-state index contributed by atoms with van der Waals surface area (Å²) in [6.45, 7) is 5.73. The van der Waals surface area contributed by atoms with Gasteiger partial charge < -0.3 is 19.1 Å². The molecule has 0 radical (unpaired) electrons. The Hall–Kier alpha value is -1.59. The molecule has 0 amide bonds. The normalized spacial score (nSPS) is 44.5. The SMILES string of the molecule is CCCCOC1=C2O[C@H]3[C@@]4(OC)C=C[C@@]5(C[C@@H]4C(C)=O)[C@H]4CC(=C2[C@@]35CCN4C)CC1. The first-order chi connectivity index (χ1) is 14.9. The second-order valence-corrected chi connectivity index (χ2v) is 10.7. The molecule has 7 aliphatic rings. The first-order valence-corrected chi connectivity index (χ1v) is 12.2. The molecule has 7 rings (SSSR count). The van der Waals surface area contributed by atoms with E-state index in [-0.39, 0.29) is 28.6 Å². The Morgan fingerprint density at radius 1 is 1.32 bits per heavy atom. The molecule has 2 aliphatic heterocycles. The lowest BCUT2D eigenvalue weighted by Gasteiger charge is -2.70. The van der Waals surface area contributed by atoms with Crippen LogP contribution in [-0.2, 0) is 19.0 Å². The van der Waals surface area contributed by atoms with Gasteiger partial charge in [0.1, 0.15) is 23.2 Å². The van der Waals surface area contributed by atoms with Gasteiger partial charge in [-0.2, -0.15) is 0 Å². The zero-order valence-corrected chi connectivity index (χ0v) is 19.3. The molecule has 168 valence electrons. The van der Waals surface area contributed by atoms with Gasteiger partial charge in [0, 0.05) is 30.6 Å². The fraction of sp³-hybridized carbons (Fsp3) is 0.731. The summed E-state index contributed by atoms with van der Waals surface area (Å²) in [5.74, 6) is 2.09. The van der Waals surface area contributed by atoms with E-state index < -0.39 is 5.60 Å². The fourth-order valence-electron chi connectivity index (χ4n) is 8.28. The first-order valence-electron chi connectivity index (χ1n) is 12.2. The van der Waals surface area contributed by atoms with Crippen molar-refractivity contribution in [3.63, 3.8) is 0 Å². The van der Waals surface area contributed by atoms with Crippen LogP contribution in [-0.4, -0.2) is 55.7 Å². The van der Waals surface area contributed by atoms with Gasteiger partial charge in [-0.25, -0.2) is 0 Å². The highest BCUT2D eigenvalue weighted by atomic mass is 16.6. The van der Waals surface area contributed by atoms with E-state index >= 15 is 0 Å². The second-order valence-electron chi connectivity index (χ2n) is 10.7. The number of ketones is 1. The Kier molecular flexibility index (Phi) is 4.19. The van der Waals surface area contributed by atoms with Gasteiger partial charge in [0.25, 0.3) is 0 Å². The van der Waals surface area contributed by atoms with Crippen molar-refractivity contribution in [3.05, 3.63) is 34.8 Å². The van der Waals surface area contributed by atoms with Crippen LogP contribution in [0.4, 0.5) is 0 Å². The zero-order chi connectivity index (χ0) is 21.6.